The largest absolute Gasteiger partial charge is 0.492 e. The third kappa shape index (κ3) is 3.95. The lowest BCUT2D eigenvalue weighted by Gasteiger charge is -2.15. The van der Waals surface area contributed by atoms with E-state index >= 15 is 0 Å². The van der Waals surface area contributed by atoms with E-state index in [0.29, 0.717) is 17.9 Å². The second-order valence-electron chi connectivity index (χ2n) is 6.74. The zero-order valence-electron chi connectivity index (χ0n) is 15.0. The predicted octanol–water partition coefficient (Wildman–Crippen LogP) is 3.71. The molecule has 5 nitrogen and oxygen atoms in total. The van der Waals surface area contributed by atoms with Crippen molar-refractivity contribution in [2.24, 2.45) is 0 Å². The molecule has 0 saturated carbocycles. The van der Waals surface area contributed by atoms with Crippen LogP contribution in [-0.4, -0.2) is 37.0 Å². The number of hydrogen-bond acceptors (Lipinski definition) is 4. The van der Waals surface area contributed by atoms with Crippen LogP contribution in [0.4, 0.5) is 15.8 Å². The normalized spacial score (nSPS) is 17.8. The van der Waals surface area contributed by atoms with Gasteiger partial charge in [0.15, 0.2) is 0 Å². The van der Waals surface area contributed by atoms with Crippen LogP contribution in [0.25, 0.3) is 5.57 Å². The summed E-state index contributed by atoms with van der Waals surface area (Å²) in [5.74, 6) is 0.0764. The molecule has 2 aromatic carbocycles. The topological polar surface area (TPSA) is 53.6 Å². The molecule has 0 atom stereocenters. The van der Waals surface area contributed by atoms with Crippen LogP contribution in [0.3, 0.4) is 0 Å². The number of benzene rings is 2. The molecule has 1 fully saturated rings. The zero-order valence-corrected chi connectivity index (χ0v) is 15.0. The molecule has 1 saturated heterocycles. The number of likely N-dealkylation sites (tertiary alicyclic amines) is 1. The first-order valence-electron chi connectivity index (χ1n) is 9.23. The highest BCUT2D eigenvalue weighted by atomic mass is 19.1. The highest BCUT2D eigenvalue weighted by Crippen LogP contribution is 2.33. The Morgan fingerprint density at radius 2 is 1.93 bits per heavy atom. The number of ether oxygens (including phenoxy) is 1. The first kappa shape index (κ1) is 17.5. The van der Waals surface area contributed by atoms with E-state index < -0.39 is 5.82 Å². The number of fused-ring (bicyclic) bond motifs is 1. The number of amides is 1. The lowest BCUT2D eigenvalue weighted by atomic mass is 10.1. The Kier molecular flexibility index (Phi) is 5.07. The summed E-state index contributed by atoms with van der Waals surface area (Å²) < 4.78 is 19.8. The van der Waals surface area contributed by atoms with E-state index in [1.807, 2.05) is 24.3 Å². The maximum atomic E-state index is 14.0. The molecule has 2 N–H and O–H groups in total. The molecule has 4 rings (SSSR count). The van der Waals surface area contributed by atoms with Gasteiger partial charge in [-0.25, -0.2) is 4.39 Å². The average molecular weight is 367 g/mol. The van der Waals surface area contributed by atoms with Crippen molar-refractivity contribution in [1.29, 1.82) is 0 Å². The van der Waals surface area contributed by atoms with Gasteiger partial charge in [0.25, 0.3) is 5.91 Å². The van der Waals surface area contributed by atoms with Gasteiger partial charge in [0, 0.05) is 24.0 Å². The van der Waals surface area contributed by atoms with E-state index in [4.69, 9.17) is 4.74 Å². The summed E-state index contributed by atoms with van der Waals surface area (Å²) in [6, 6.07) is 12.1. The van der Waals surface area contributed by atoms with Gasteiger partial charge in [0.1, 0.15) is 18.2 Å². The van der Waals surface area contributed by atoms with Gasteiger partial charge in [0.05, 0.1) is 11.3 Å². The van der Waals surface area contributed by atoms with Crippen molar-refractivity contribution in [3.05, 3.63) is 60.0 Å². The molecule has 140 valence electrons. The summed E-state index contributed by atoms with van der Waals surface area (Å²) in [6.07, 6.45) is 4.10. The Balaban J connectivity index is 1.36. The highest BCUT2D eigenvalue weighted by molar-refractivity contribution is 6.31. The van der Waals surface area contributed by atoms with Gasteiger partial charge in [0.2, 0.25) is 0 Å². The monoisotopic (exact) mass is 367 g/mol. The molecular formula is C21H22FN3O2. The molecule has 0 aliphatic carbocycles. The van der Waals surface area contributed by atoms with Crippen LogP contribution in [-0.2, 0) is 4.79 Å². The highest BCUT2D eigenvalue weighted by Gasteiger charge is 2.27. The van der Waals surface area contributed by atoms with Crippen LogP contribution < -0.4 is 15.4 Å². The van der Waals surface area contributed by atoms with E-state index in [1.54, 1.807) is 12.1 Å². The van der Waals surface area contributed by atoms with Crippen molar-refractivity contribution < 1.29 is 13.9 Å². The van der Waals surface area contributed by atoms with Crippen LogP contribution in [0.2, 0.25) is 0 Å². The van der Waals surface area contributed by atoms with Gasteiger partial charge in [-0.05, 0) is 62.3 Å². The second kappa shape index (κ2) is 7.80. The summed E-state index contributed by atoms with van der Waals surface area (Å²) >= 11 is 0. The molecule has 2 heterocycles. The molecule has 27 heavy (non-hydrogen) atoms. The smallest absolute Gasteiger partial charge is 0.257 e. The summed E-state index contributed by atoms with van der Waals surface area (Å²) in [5, 5.41) is 5.73. The molecule has 1 amide bonds. The van der Waals surface area contributed by atoms with E-state index in [9.17, 15) is 9.18 Å². The fraction of sp³-hybridized carbons (Fsp3) is 0.286. The molecule has 2 aromatic rings. The fourth-order valence-corrected chi connectivity index (χ4v) is 3.44. The molecule has 0 spiro atoms. The standard InChI is InChI=1S/C21H22FN3O2/c22-18-4-3-5-19-20(18)17(21(26)24-19)14-23-15-6-8-16(9-7-15)27-13-12-25-10-1-2-11-25/h3-9,14,23H,1-2,10-13H2,(H,24,26)/b17-14+. The Labute approximate surface area is 157 Å². The summed E-state index contributed by atoms with van der Waals surface area (Å²) in [5.41, 5.74) is 1.88. The SMILES string of the molecule is O=C1Nc2cccc(F)c2/C1=C\Nc1ccc(OCCN2CCCC2)cc1. The quantitative estimate of drug-likeness (QED) is 0.765. The van der Waals surface area contributed by atoms with Gasteiger partial charge in [-0.15, -0.1) is 0 Å². The molecule has 6 heteroatoms. The van der Waals surface area contributed by atoms with Crippen LogP contribution in [0.1, 0.15) is 18.4 Å². The van der Waals surface area contributed by atoms with E-state index in [-0.39, 0.29) is 11.5 Å². The third-order valence-corrected chi connectivity index (χ3v) is 4.89. The van der Waals surface area contributed by atoms with Crippen LogP contribution >= 0.6 is 0 Å². The Hall–Kier alpha value is -2.86. The first-order chi connectivity index (χ1) is 13.2. The molecule has 2 aliphatic heterocycles. The number of carbonyl (C=O) groups is 1. The molecular weight excluding hydrogens is 345 g/mol. The third-order valence-electron chi connectivity index (χ3n) is 4.89. The number of carbonyl (C=O) groups excluding carboxylic acids is 1. The summed E-state index contributed by atoms with van der Waals surface area (Å²) in [4.78, 5) is 14.5. The van der Waals surface area contributed by atoms with Gasteiger partial charge in [-0.2, -0.15) is 0 Å². The maximum absolute atomic E-state index is 14.0. The van der Waals surface area contributed by atoms with Gasteiger partial charge in [-0.3, -0.25) is 9.69 Å². The Morgan fingerprint density at radius 1 is 1.15 bits per heavy atom. The minimum Gasteiger partial charge on any atom is -0.492 e. The van der Waals surface area contributed by atoms with Crippen molar-refractivity contribution in [2.45, 2.75) is 12.8 Å². The first-order valence-corrected chi connectivity index (χ1v) is 9.23. The molecule has 0 aromatic heterocycles. The van der Waals surface area contributed by atoms with Crippen molar-refractivity contribution >= 4 is 22.9 Å². The Morgan fingerprint density at radius 3 is 2.70 bits per heavy atom. The summed E-state index contributed by atoms with van der Waals surface area (Å²) in [7, 11) is 0. The van der Waals surface area contributed by atoms with Crippen LogP contribution in [0, 0.1) is 5.82 Å². The van der Waals surface area contributed by atoms with E-state index in [2.05, 4.69) is 15.5 Å². The predicted molar refractivity (Wildman–Crippen MR) is 104 cm³/mol. The minimum atomic E-state index is -0.416. The van der Waals surface area contributed by atoms with Gasteiger partial charge in [-0.1, -0.05) is 6.07 Å². The Bertz CT molecular complexity index is 858. The average Bonchev–Trinajstić information content (AvgIpc) is 3.29. The van der Waals surface area contributed by atoms with Gasteiger partial charge >= 0.3 is 0 Å². The lowest BCUT2D eigenvalue weighted by Crippen LogP contribution is -2.25. The number of nitrogens with zero attached hydrogens (tertiary/aromatic N) is 1. The number of halogens is 1. The summed E-state index contributed by atoms with van der Waals surface area (Å²) in [6.45, 7) is 3.95. The maximum Gasteiger partial charge on any atom is 0.257 e. The van der Waals surface area contributed by atoms with Gasteiger partial charge < -0.3 is 15.4 Å². The second-order valence-corrected chi connectivity index (χ2v) is 6.74. The van der Waals surface area contributed by atoms with E-state index in [0.717, 1.165) is 31.1 Å². The lowest BCUT2D eigenvalue weighted by molar-refractivity contribution is -0.110. The van der Waals surface area contributed by atoms with Crippen molar-refractivity contribution in [2.75, 3.05) is 36.9 Å². The molecule has 0 bridgehead atoms. The van der Waals surface area contributed by atoms with Crippen molar-refractivity contribution in [1.82, 2.24) is 4.90 Å². The number of rotatable bonds is 6. The number of hydrogen-bond donors (Lipinski definition) is 2. The molecule has 0 unspecified atom stereocenters. The molecule has 0 radical (unpaired) electrons. The van der Waals surface area contributed by atoms with Crippen LogP contribution in [0.15, 0.2) is 48.7 Å². The fourth-order valence-electron chi connectivity index (χ4n) is 3.44. The van der Waals surface area contributed by atoms with Crippen molar-refractivity contribution in [3.63, 3.8) is 0 Å². The minimum absolute atomic E-state index is 0.286. The number of nitrogens with one attached hydrogen (secondary N) is 2. The zero-order chi connectivity index (χ0) is 18.6. The van der Waals surface area contributed by atoms with Crippen LogP contribution in [0.5, 0.6) is 5.75 Å². The van der Waals surface area contributed by atoms with Crippen molar-refractivity contribution in [3.8, 4) is 5.75 Å². The van der Waals surface area contributed by atoms with E-state index in [1.165, 1.54) is 25.1 Å². The number of anilines is 2. The molecule has 2 aliphatic rings.